The first-order chi connectivity index (χ1) is 14.7. The second kappa shape index (κ2) is 7.90. The summed E-state index contributed by atoms with van der Waals surface area (Å²) in [5.41, 5.74) is -0.388. The van der Waals surface area contributed by atoms with Crippen molar-refractivity contribution in [3.8, 4) is 0 Å². The molecule has 2 heterocycles. The Morgan fingerprint density at radius 1 is 1.00 bits per heavy atom. The van der Waals surface area contributed by atoms with Crippen molar-refractivity contribution in [3.05, 3.63) is 65.7 Å². The molecule has 0 aromatic heterocycles. The molecule has 3 amide bonds. The minimum absolute atomic E-state index is 0.123. The van der Waals surface area contributed by atoms with Crippen LogP contribution in [0, 0.1) is 0 Å². The first kappa shape index (κ1) is 21.2. The van der Waals surface area contributed by atoms with Crippen molar-refractivity contribution in [3.63, 3.8) is 0 Å². The average Bonchev–Trinajstić information content (AvgIpc) is 3.39. The molecule has 0 aliphatic carbocycles. The zero-order valence-corrected chi connectivity index (χ0v) is 17.9. The number of hydrogen-bond acceptors (Lipinski definition) is 5. The van der Waals surface area contributed by atoms with E-state index in [-0.39, 0.29) is 10.5 Å². The molecule has 2 aliphatic heterocycles. The fourth-order valence-electron chi connectivity index (χ4n) is 3.93. The van der Waals surface area contributed by atoms with Gasteiger partial charge in [-0.3, -0.25) is 14.5 Å². The number of sulfonamides is 1. The Morgan fingerprint density at radius 2 is 1.61 bits per heavy atom. The Kier molecular flexibility index (Phi) is 5.40. The topological polar surface area (TPSA) is 104 Å². The van der Waals surface area contributed by atoms with Gasteiger partial charge in [-0.1, -0.05) is 30.3 Å². The van der Waals surface area contributed by atoms with Crippen LogP contribution in [0.25, 0.3) is 0 Å². The summed E-state index contributed by atoms with van der Waals surface area (Å²) >= 11 is 0. The Bertz CT molecular complexity index is 1130. The molecule has 2 aliphatic rings. The minimum atomic E-state index is -3.57. The highest BCUT2D eigenvalue weighted by Crippen LogP contribution is 2.29. The highest BCUT2D eigenvalue weighted by Gasteiger charge is 2.49. The van der Waals surface area contributed by atoms with Gasteiger partial charge in [0.1, 0.15) is 5.54 Å². The summed E-state index contributed by atoms with van der Waals surface area (Å²) in [5.74, 6) is -0.962. The number of carbonyl (C=O) groups is 3. The van der Waals surface area contributed by atoms with Gasteiger partial charge >= 0.3 is 6.03 Å². The van der Waals surface area contributed by atoms with Crippen LogP contribution < -0.4 is 5.32 Å². The standard InChI is InChI=1S/C22H23N3O5S/c1-22(17-7-3-2-4-8-17)20(27)25(21(28)23-22)15-19(26)16-9-11-18(12-10-16)31(29,30)24-13-5-6-14-24/h2-4,7-12H,5-6,13-15H2,1H3,(H,23,28)/t22-/m0/s1. The molecule has 1 atom stereocenters. The third kappa shape index (κ3) is 3.75. The Morgan fingerprint density at radius 3 is 2.23 bits per heavy atom. The molecular weight excluding hydrogens is 418 g/mol. The summed E-state index contributed by atoms with van der Waals surface area (Å²) in [7, 11) is -3.57. The summed E-state index contributed by atoms with van der Waals surface area (Å²) < 4.78 is 26.7. The molecular formula is C22H23N3O5S. The van der Waals surface area contributed by atoms with E-state index in [0.29, 0.717) is 18.7 Å². The number of nitrogens with zero attached hydrogens (tertiary/aromatic N) is 2. The normalized spacial score (nSPS) is 22.0. The smallest absolute Gasteiger partial charge is 0.319 e. The number of benzene rings is 2. The maximum atomic E-state index is 12.9. The van der Waals surface area contributed by atoms with Gasteiger partial charge in [-0.15, -0.1) is 0 Å². The van der Waals surface area contributed by atoms with Crippen LogP contribution in [0.15, 0.2) is 59.5 Å². The van der Waals surface area contributed by atoms with Crippen molar-refractivity contribution >= 4 is 27.7 Å². The molecule has 0 saturated carbocycles. The van der Waals surface area contributed by atoms with Crippen LogP contribution in [0.4, 0.5) is 4.79 Å². The number of nitrogens with one attached hydrogen (secondary N) is 1. The maximum Gasteiger partial charge on any atom is 0.325 e. The maximum absolute atomic E-state index is 12.9. The van der Waals surface area contributed by atoms with Gasteiger partial charge in [-0.05, 0) is 49.6 Å². The summed E-state index contributed by atoms with van der Waals surface area (Å²) in [5, 5.41) is 2.66. The number of urea groups is 1. The molecule has 8 nitrogen and oxygen atoms in total. The van der Waals surface area contributed by atoms with Gasteiger partial charge in [-0.25, -0.2) is 13.2 Å². The molecule has 0 bridgehead atoms. The Balaban J connectivity index is 1.49. The highest BCUT2D eigenvalue weighted by molar-refractivity contribution is 7.89. The Hall–Kier alpha value is -3.04. The lowest BCUT2D eigenvalue weighted by molar-refractivity contribution is -0.130. The molecule has 1 N–H and O–H groups in total. The van der Waals surface area contributed by atoms with Crippen LogP contribution in [0.1, 0.15) is 35.7 Å². The number of rotatable bonds is 6. The number of amides is 3. The van der Waals surface area contributed by atoms with E-state index < -0.39 is 39.8 Å². The van der Waals surface area contributed by atoms with Crippen LogP contribution in [-0.2, 0) is 20.4 Å². The quantitative estimate of drug-likeness (QED) is 0.546. The summed E-state index contributed by atoms with van der Waals surface area (Å²) in [6.07, 6.45) is 1.67. The zero-order valence-electron chi connectivity index (χ0n) is 17.1. The van der Waals surface area contributed by atoms with E-state index >= 15 is 0 Å². The zero-order chi connectivity index (χ0) is 22.2. The summed E-state index contributed by atoms with van der Waals surface area (Å²) in [6.45, 7) is 2.17. The van der Waals surface area contributed by atoms with Crippen molar-refractivity contribution in [2.24, 2.45) is 0 Å². The molecule has 2 saturated heterocycles. The van der Waals surface area contributed by atoms with Gasteiger partial charge in [0.15, 0.2) is 5.78 Å². The Labute approximate surface area is 180 Å². The molecule has 2 fully saturated rings. The highest BCUT2D eigenvalue weighted by atomic mass is 32.2. The first-order valence-electron chi connectivity index (χ1n) is 10.1. The monoisotopic (exact) mass is 441 g/mol. The fraction of sp³-hybridized carbons (Fsp3) is 0.318. The number of hydrogen-bond donors (Lipinski definition) is 1. The number of carbonyl (C=O) groups excluding carboxylic acids is 3. The fourth-order valence-corrected chi connectivity index (χ4v) is 5.45. The van der Waals surface area contributed by atoms with Gasteiger partial charge < -0.3 is 5.32 Å². The van der Waals surface area contributed by atoms with Crippen LogP contribution >= 0.6 is 0 Å². The van der Waals surface area contributed by atoms with Crippen LogP contribution in [-0.4, -0.2) is 55.0 Å². The van der Waals surface area contributed by atoms with E-state index in [1.165, 1.54) is 28.6 Å². The minimum Gasteiger partial charge on any atom is -0.319 e. The molecule has 0 spiro atoms. The van der Waals surface area contributed by atoms with E-state index in [9.17, 15) is 22.8 Å². The molecule has 0 radical (unpaired) electrons. The summed E-state index contributed by atoms with van der Waals surface area (Å²) in [4.78, 5) is 39.1. The molecule has 9 heteroatoms. The molecule has 0 unspecified atom stereocenters. The van der Waals surface area contributed by atoms with E-state index in [1.54, 1.807) is 31.2 Å². The third-order valence-corrected chi connectivity index (χ3v) is 7.72. The van der Waals surface area contributed by atoms with E-state index in [2.05, 4.69) is 5.32 Å². The van der Waals surface area contributed by atoms with Gasteiger partial charge in [0.2, 0.25) is 10.0 Å². The lowest BCUT2D eigenvalue weighted by atomic mass is 9.92. The lowest BCUT2D eigenvalue weighted by Gasteiger charge is -2.22. The number of ketones is 1. The van der Waals surface area contributed by atoms with Crippen molar-refractivity contribution in [1.82, 2.24) is 14.5 Å². The van der Waals surface area contributed by atoms with Gasteiger partial charge in [0.25, 0.3) is 5.91 Å². The summed E-state index contributed by atoms with van der Waals surface area (Å²) in [6, 6.07) is 13.8. The van der Waals surface area contributed by atoms with Crippen molar-refractivity contribution in [2.45, 2.75) is 30.2 Å². The molecule has 4 rings (SSSR count). The SMILES string of the molecule is C[C@@]1(c2ccccc2)NC(=O)N(CC(=O)c2ccc(S(=O)(=O)N3CCCC3)cc2)C1=O. The predicted molar refractivity (Wildman–Crippen MR) is 113 cm³/mol. The second-order valence-electron chi connectivity index (χ2n) is 7.87. The molecule has 2 aromatic rings. The van der Waals surface area contributed by atoms with Crippen molar-refractivity contribution < 1.29 is 22.8 Å². The van der Waals surface area contributed by atoms with Crippen LogP contribution in [0.3, 0.4) is 0 Å². The first-order valence-corrected chi connectivity index (χ1v) is 11.5. The second-order valence-corrected chi connectivity index (χ2v) is 9.81. The van der Waals surface area contributed by atoms with Gasteiger partial charge in [0.05, 0.1) is 11.4 Å². The molecule has 2 aromatic carbocycles. The van der Waals surface area contributed by atoms with Crippen LogP contribution in [0.2, 0.25) is 0 Å². The van der Waals surface area contributed by atoms with E-state index in [0.717, 1.165) is 17.7 Å². The van der Waals surface area contributed by atoms with E-state index in [1.807, 2.05) is 6.07 Å². The predicted octanol–water partition coefficient (Wildman–Crippen LogP) is 2.12. The largest absolute Gasteiger partial charge is 0.325 e. The average molecular weight is 442 g/mol. The van der Waals surface area contributed by atoms with Gasteiger partial charge in [0, 0.05) is 18.7 Å². The van der Waals surface area contributed by atoms with Gasteiger partial charge in [-0.2, -0.15) is 4.31 Å². The molecule has 162 valence electrons. The molecule has 31 heavy (non-hydrogen) atoms. The third-order valence-electron chi connectivity index (χ3n) is 5.81. The number of imide groups is 1. The van der Waals surface area contributed by atoms with Crippen molar-refractivity contribution in [2.75, 3.05) is 19.6 Å². The van der Waals surface area contributed by atoms with Crippen molar-refractivity contribution in [1.29, 1.82) is 0 Å². The van der Waals surface area contributed by atoms with E-state index in [4.69, 9.17) is 0 Å². The van der Waals surface area contributed by atoms with Crippen LogP contribution in [0.5, 0.6) is 0 Å². The lowest BCUT2D eigenvalue weighted by Crippen LogP contribution is -2.41. The number of Topliss-reactive ketones (excluding diaryl/α,β-unsaturated/α-hetero) is 1.